The summed E-state index contributed by atoms with van der Waals surface area (Å²) in [6.07, 6.45) is 4.98. The molecule has 0 aromatic carbocycles. The number of amides is 1. The van der Waals surface area contributed by atoms with Crippen LogP contribution in [0.5, 0.6) is 0 Å². The molecule has 0 saturated heterocycles. The van der Waals surface area contributed by atoms with Crippen LogP contribution >= 0.6 is 0 Å². The van der Waals surface area contributed by atoms with Crippen LogP contribution in [0.3, 0.4) is 0 Å². The molecule has 3 aromatic rings. The van der Waals surface area contributed by atoms with Crippen LogP contribution in [0.2, 0.25) is 0 Å². The summed E-state index contributed by atoms with van der Waals surface area (Å²) in [6.45, 7) is 4.51. The number of aryl methyl sites for hydroxylation is 2. The molecule has 0 aliphatic heterocycles. The van der Waals surface area contributed by atoms with Gasteiger partial charge in [0.05, 0.1) is 12.0 Å². The third-order valence-electron chi connectivity index (χ3n) is 3.89. The summed E-state index contributed by atoms with van der Waals surface area (Å²) in [4.78, 5) is 12.0. The predicted molar refractivity (Wildman–Crippen MR) is 84.0 cm³/mol. The number of hydrogen-bond acceptors (Lipinski definition) is 5. The van der Waals surface area contributed by atoms with Crippen molar-refractivity contribution < 1.29 is 9.21 Å². The zero-order chi connectivity index (χ0) is 16.2. The molecule has 0 fully saturated rings. The first kappa shape index (κ1) is 15.2. The average molecular weight is 313 g/mol. The van der Waals surface area contributed by atoms with Gasteiger partial charge in [-0.25, -0.2) is 4.52 Å². The first-order valence-corrected chi connectivity index (χ1v) is 7.60. The van der Waals surface area contributed by atoms with Crippen LogP contribution in [0.1, 0.15) is 29.0 Å². The van der Waals surface area contributed by atoms with Crippen LogP contribution in [0.15, 0.2) is 29.1 Å². The number of nitrogens with zero attached hydrogens (tertiary/aromatic N) is 4. The van der Waals surface area contributed by atoms with Crippen molar-refractivity contribution >= 4 is 11.6 Å². The number of carbonyl (C=O) groups is 1. The van der Waals surface area contributed by atoms with Crippen LogP contribution in [0.4, 0.5) is 0 Å². The number of fused-ring (bicyclic) bond motifs is 1. The fraction of sp³-hybridized carbons (Fsp3) is 0.375. The number of furan rings is 1. The summed E-state index contributed by atoms with van der Waals surface area (Å²) >= 11 is 0. The molecule has 0 spiro atoms. The van der Waals surface area contributed by atoms with E-state index in [4.69, 9.17) is 4.42 Å². The van der Waals surface area contributed by atoms with E-state index in [1.165, 1.54) is 0 Å². The molecule has 0 bridgehead atoms. The van der Waals surface area contributed by atoms with Gasteiger partial charge in [-0.2, -0.15) is 5.10 Å². The van der Waals surface area contributed by atoms with Crippen molar-refractivity contribution in [1.82, 2.24) is 25.1 Å². The third-order valence-corrected chi connectivity index (χ3v) is 3.89. The Morgan fingerprint density at radius 1 is 1.35 bits per heavy atom. The average Bonchev–Trinajstić information content (AvgIpc) is 3.18. The first-order chi connectivity index (χ1) is 11.1. The highest BCUT2D eigenvalue weighted by Gasteiger charge is 2.12. The molecule has 0 saturated carbocycles. The smallest absolute Gasteiger partial charge is 0.220 e. The van der Waals surface area contributed by atoms with Crippen LogP contribution in [-0.4, -0.2) is 32.3 Å². The summed E-state index contributed by atoms with van der Waals surface area (Å²) in [5, 5.41) is 15.3. The molecule has 0 radical (unpaired) electrons. The molecule has 3 aromatic heterocycles. The molecule has 120 valence electrons. The Kier molecular flexibility index (Phi) is 4.36. The largest absolute Gasteiger partial charge is 0.469 e. The molecule has 3 rings (SSSR count). The van der Waals surface area contributed by atoms with E-state index in [1.54, 1.807) is 17.1 Å². The lowest BCUT2D eigenvalue weighted by Gasteiger charge is -2.10. The van der Waals surface area contributed by atoms with E-state index in [2.05, 4.69) is 20.6 Å². The van der Waals surface area contributed by atoms with Gasteiger partial charge < -0.3 is 9.73 Å². The van der Waals surface area contributed by atoms with Crippen molar-refractivity contribution in [3.8, 4) is 0 Å². The number of aromatic nitrogens is 4. The Morgan fingerprint density at radius 2 is 2.22 bits per heavy atom. The van der Waals surface area contributed by atoms with E-state index in [1.807, 2.05) is 26.0 Å². The molecular weight excluding hydrogens is 294 g/mol. The maximum Gasteiger partial charge on any atom is 0.220 e. The Balaban J connectivity index is 1.56. The molecule has 1 N–H and O–H groups in total. The zero-order valence-electron chi connectivity index (χ0n) is 13.2. The van der Waals surface area contributed by atoms with Crippen molar-refractivity contribution in [2.45, 2.75) is 33.1 Å². The number of rotatable bonds is 6. The quantitative estimate of drug-likeness (QED) is 0.747. The summed E-state index contributed by atoms with van der Waals surface area (Å²) < 4.78 is 6.90. The molecule has 3 heterocycles. The zero-order valence-corrected chi connectivity index (χ0v) is 13.2. The second-order valence-corrected chi connectivity index (χ2v) is 5.47. The Hall–Kier alpha value is -2.70. The van der Waals surface area contributed by atoms with Crippen molar-refractivity contribution in [2.24, 2.45) is 0 Å². The van der Waals surface area contributed by atoms with E-state index in [9.17, 15) is 4.79 Å². The fourth-order valence-corrected chi connectivity index (χ4v) is 2.65. The van der Waals surface area contributed by atoms with Crippen molar-refractivity contribution in [2.75, 3.05) is 6.54 Å². The maximum atomic E-state index is 12.0. The molecule has 23 heavy (non-hydrogen) atoms. The van der Waals surface area contributed by atoms with Crippen LogP contribution in [0.25, 0.3) is 5.65 Å². The molecule has 0 aliphatic rings. The molecule has 0 unspecified atom stereocenters. The topological polar surface area (TPSA) is 85.3 Å². The molecule has 0 aliphatic carbocycles. The lowest BCUT2D eigenvalue weighted by molar-refractivity contribution is -0.121. The Labute approximate surface area is 133 Å². The summed E-state index contributed by atoms with van der Waals surface area (Å²) in [5.41, 5.74) is 3.73. The molecule has 1 amide bonds. The standard InChI is InChI=1S/C16H19N5O2/c1-11-14(12(2)20-21-10-18-19-16(11)21)5-6-15(22)17-8-7-13-4-3-9-23-13/h3-4,9-10H,5-8H2,1-2H3,(H,17,22). The minimum atomic E-state index is 0.0247. The summed E-state index contributed by atoms with van der Waals surface area (Å²) in [7, 11) is 0. The van der Waals surface area contributed by atoms with Gasteiger partial charge in [0.2, 0.25) is 5.91 Å². The van der Waals surface area contributed by atoms with E-state index >= 15 is 0 Å². The van der Waals surface area contributed by atoms with E-state index in [0.29, 0.717) is 25.8 Å². The molecule has 7 nitrogen and oxygen atoms in total. The highest BCUT2D eigenvalue weighted by atomic mass is 16.3. The van der Waals surface area contributed by atoms with E-state index < -0.39 is 0 Å². The van der Waals surface area contributed by atoms with Gasteiger partial charge in [-0.3, -0.25) is 4.79 Å². The summed E-state index contributed by atoms with van der Waals surface area (Å²) in [5.74, 6) is 0.898. The van der Waals surface area contributed by atoms with Crippen molar-refractivity contribution in [3.63, 3.8) is 0 Å². The highest BCUT2D eigenvalue weighted by molar-refractivity contribution is 5.76. The maximum absolute atomic E-state index is 12.0. The lowest BCUT2D eigenvalue weighted by Crippen LogP contribution is -2.26. The second kappa shape index (κ2) is 6.60. The minimum absolute atomic E-state index is 0.0247. The molecule has 7 heteroatoms. The van der Waals surface area contributed by atoms with Crippen molar-refractivity contribution in [1.29, 1.82) is 0 Å². The lowest BCUT2D eigenvalue weighted by atomic mass is 10.0. The number of carbonyl (C=O) groups excluding carboxylic acids is 1. The third kappa shape index (κ3) is 3.39. The van der Waals surface area contributed by atoms with Crippen LogP contribution < -0.4 is 5.32 Å². The first-order valence-electron chi connectivity index (χ1n) is 7.60. The van der Waals surface area contributed by atoms with Gasteiger partial charge in [0.25, 0.3) is 0 Å². The van der Waals surface area contributed by atoms with Gasteiger partial charge in [0, 0.05) is 24.9 Å². The monoisotopic (exact) mass is 313 g/mol. The predicted octanol–water partition coefficient (Wildman–Crippen LogP) is 1.63. The Morgan fingerprint density at radius 3 is 3.00 bits per heavy atom. The van der Waals surface area contributed by atoms with Gasteiger partial charge in [0.15, 0.2) is 5.65 Å². The van der Waals surface area contributed by atoms with E-state index in [0.717, 1.165) is 28.2 Å². The van der Waals surface area contributed by atoms with Crippen molar-refractivity contribution in [3.05, 3.63) is 47.3 Å². The van der Waals surface area contributed by atoms with Gasteiger partial charge in [-0.05, 0) is 38.0 Å². The number of nitrogens with one attached hydrogen (secondary N) is 1. The Bertz CT molecular complexity index is 807. The van der Waals surface area contributed by atoms with Gasteiger partial charge in [-0.15, -0.1) is 10.2 Å². The SMILES string of the molecule is Cc1nn2cnnc2c(C)c1CCC(=O)NCCc1ccco1. The van der Waals surface area contributed by atoms with Crippen LogP contribution in [-0.2, 0) is 17.6 Å². The normalized spacial score (nSPS) is 11.0. The molecule has 0 atom stereocenters. The van der Waals surface area contributed by atoms with Crippen LogP contribution in [0, 0.1) is 13.8 Å². The fourth-order valence-electron chi connectivity index (χ4n) is 2.65. The van der Waals surface area contributed by atoms with Gasteiger partial charge in [-0.1, -0.05) is 0 Å². The second-order valence-electron chi connectivity index (χ2n) is 5.47. The highest BCUT2D eigenvalue weighted by Crippen LogP contribution is 2.17. The number of hydrogen-bond donors (Lipinski definition) is 1. The van der Waals surface area contributed by atoms with E-state index in [-0.39, 0.29) is 5.91 Å². The van der Waals surface area contributed by atoms with Gasteiger partial charge in [0.1, 0.15) is 12.1 Å². The summed E-state index contributed by atoms with van der Waals surface area (Å²) in [6, 6.07) is 3.74. The van der Waals surface area contributed by atoms with Gasteiger partial charge >= 0.3 is 0 Å². The minimum Gasteiger partial charge on any atom is -0.469 e. The molecular formula is C16H19N5O2.